The Morgan fingerprint density at radius 2 is 2.05 bits per heavy atom. The van der Waals surface area contributed by atoms with Gasteiger partial charge in [0.25, 0.3) is 5.69 Å². The van der Waals surface area contributed by atoms with Crippen molar-refractivity contribution in [1.82, 2.24) is 0 Å². The second-order valence-electron chi connectivity index (χ2n) is 4.22. The molecule has 0 spiro atoms. The maximum absolute atomic E-state index is 13.3. The molecule has 20 heavy (non-hydrogen) atoms. The molecule has 0 radical (unpaired) electrons. The molecule has 0 bridgehead atoms. The molecule has 0 aromatic heterocycles. The number of hydrogen-bond acceptors (Lipinski definition) is 4. The lowest BCUT2D eigenvalue weighted by molar-refractivity contribution is -0.384. The van der Waals surface area contributed by atoms with Crippen molar-refractivity contribution < 1.29 is 9.31 Å². The maximum Gasteiger partial charge on any atom is 0.271 e. The summed E-state index contributed by atoms with van der Waals surface area (Å²) in [5.74, 6) is -0.346. The van der Waals surface area contributed by atoms with E-state index >= 15 is 0 Å². The molecule has 5 nitrogen and oxygen atoms in total. The first-order chi connectivity index (χ1) is 9.52. The first-order valence-corrected chi connectivity index (χ1v) is 6.10. The minimum Gasteiger partial charge on any atom is -0.397 e. The predicted octanol–water partition coefficient (Wildman–Crippen LogP) is 3.47. The van der Waals surface area contributed by atoms with Crippen LogP contribution in [0.3, 0.4) is 0 Å². The van der Waals surface area contributed by atoms with Gasteiger partial charge in [-0.2, -0.15) is 0 Å². The third-order valence-corrected chi connectivity index (χ3v) is 2.95. The van der Waals surface area contributed by atoms with Gasteiger partial charge in [-0.15, -0.1) is 0 Å². The van der Waals surface area contributed by atoms with Gasteiger partial charge in [-0.3, -0.25) is 10.1 Å². The molecule has 0 saturated carbocycles. The summed E-state index contributed by atoms with van der Waals surface area (Å²) in [5.41, 5.74) is 7.35. The first kappa shape index (κ1) is 13.8. The molecule has 6 heteroatoms. The number of hydrogen-bond donors (Lipinski definition) is 1. The van der Waals surface area contributed by atoms with E-state index in [4.69, 9.17) is 5.73 Å². The molecule has 104 valence electrons. The van der Waals surface area contributed by atoms with Crippen LogP contribution in [0.1, 0.15) is 6.92 Å². The van der Waals surface area contributed by atoms with Gasteiger partial charge in [0.1, 0.15) is 5.82 Å². The van der Waals surface area contributed by atoms with Crippen LogP contribution in [0.25, 0.3) is 0 Å². The third-order valence-electron chi connectivity index (χ3n) is 2.95. The summed E-state index contributed by atoms with van der Waals surface area (Å²) in [7, 11) is 0. The summed E-state index contributed by atoms with van der Waals surface area (Å²) in [6.07, 6.45) is 0. The van der Waals surface area contributed by atoms with Crippen molar-refractivity contribution in [2.24, 2.45) is 0 Å². The van der Waals surface area contributed by atoms with E-state index in [0.29, 0.717) is 17.9 Å². The number of nitrogens with zero attached hydrogens (tertiary/aromatic N) is 2. The van der Waals surface area contributed by atoms with E-state index in [-0.39, 0.29) is 17.2 Å². The fourth-order valence-electron chi connectivity index (χ4n) is 2.04. The number of non-ortho nitro benzene ring substituents is 1. The maximum atomic E-state index is 13.3. The fourth-order valence-corrected chi connectivity index (χ4v) is 2.04. The molecule has 2 aromatic rings. The van der Waals surface area contributed by atoms with Gasteiger partial charge >= 0.3 is 0 Å². The Kier molecular flexibility index (Phi) is 3.84. The number of nitrogen functional groups attached to an aromatic ring is 1. The minimum absolute atomic E-state index is 0.0680. The van der Waals surface area contributed by atoms with Crippen molar-refractivity contribution in [3.05, 3.63) is 58.4 Å². The van der Waals surface area contributed by atoms with Crippen molar-refractivity contribution in [2.45, 2.75) is 6.92 Å². The van der Waals surface area contributed by atoms with E-state index < -0.39 is 4.92 Å². The van der Waals surface area contributed by atoms with E-state index in [1.165, 1.54) is 24.3 Å². The molecule has 2 aromatic carbocycles. The molecular weight excluding hydrogens is 261 g/mol. The average Bonchev–Trinajstić information content (AvgIpc) is 2.41. The van der Waals surface area contributed by atoms with Crippen LogP contribution < -0.4 is 10.6 Å². The normalized spacial score (nSPS) is 10.3. The minimum atomic E-state index is -0.501. The second kappa shape index (κ2) is 5.56. The van der Waals surface area contributed by atoms with Crippen molar-refractivity contribution in [2.75, 3.05) is 17.2 Å². The highest BCUT2D eigenvalue weighted by molar-refractivity contribution is 5.76. The van der Waals surface area contributed by atoms with Crippen LogP contribution >= 0.6 is 0 Å². The van der Waals surface area contributed by atoms with Crippen molar-refractivity contribution in [3.8, 4) is 0 Å². The molecule has 2 N–H and O–H groups in total. The van der Waals surface area contributed by atoms with Crippen molar-refractivity contribution >= 4 is 22.7 Å². The summed E-state index contributed by atoms with van der Waals surface area (Å²) in [5, 5.41) is 10.7. The van der Waals surface area contributed by atoms with Crippen molar-refractivity contribution in [3.63, 3.8) is 0 Å². The highest BCUT2D eigenvalue weighted by Crippen LogP contribution is 2.32. The number of nitro groups is 1. The molecule has 0 heterocycles. The summed E-state index contributed by atoms with van der Waals surface area (Å²) in [6.45, 7) is 2.46. The van der Waals surface area contributed by atoms with E-state index in [9.17, 15) is 14.5 Å². The molecule has 2 rings (SSSR count). The molecule has 0 fully saturated rings. The van der Waals surface area contributed by atoms with Gasteiger partial charge in [-0.05, 0) is 31.2 Å². The molecule has 0 aliphatic rings. The SMILES string of the molecule is CCN(c1cccc(F)c1)c1ccc([N+](=O)[O-])cc1N. The van der Waals surface area contributed by atoms with Crippen LogP contribution in [-0.4, -0.2) is 11.5 Å². The average molecular weight is 275 g/mol. The molecule has 0 unspecified atom stereocenters. The Balaban J connectivity index is 2.44. The van der Waals surface area contributed by atoms with E-state index in [1.54, 1.807) is 23.1 Å². The van der Waals surface area contributed by atoms with Crippen LogP contribution in [0.5, 0.6) is 0 Å². The van der Waals surface area contributed by atoms with Gasteiger partial charge < -0.3 is 10.6 Å². The number of halogens is 1. The Bertz CT molecular complexity index is 646. The van der Waals surface area contributed by atoms with Crippen molar-refractivity contribution in [1.29, 1.82) is 0 Å². The molecular formula is C14H14FN3O2. The number of anilines is 3. The van der Waals surface area contributed by atoms with Crippen LogP contribution in [0.4, 0.5) is 27.1 Å². The number of nitrogens with two attached hydrogens (primary N) is 1. The highest BCUT2D eigenvalue weighted by Gasteiger charge is 2.14. The van der Waals surface area contributed by atoms with Crippen LogP contribution in [0, 0.1) is 15.9 Å². The zero-order valence-electron chi connectivity index (χ0n) is 10.9. The topological polar surface area (TPSA) is 72.4 Å². The third kappa shape index (κ3) is 2.69. The standard InChI is InChI=1S/C14H14FN3O2/c1-2-17(11-5-3-4-10(15)8-11)14-7-6-12(18(19)20)9-13(14)16/h3-9H,2,16H2,1H3. The van der Waals surface area contributed by atoms with Gasteiger partial charge in [-0.25, -0.2) is 4.39 Å². The lowest BCUT2D eigenvalue weighted by Crippen LogP contribution is -2.17. The number of benzene rings is 2. The quantitative estimate of drug-likeness (QED) is 0.526. The molecule has 0 aliphatic heterocycles. The largest absolute Gasteiger partial charge is 0.397 e. The molecule has 0 aliphatic carbocycles. The van der Waals surface area contributed by atoms with Crippen LogP contribution in [0.2, 0.25) is 0 Å². The molecule has 0 amide bonds. The van der Waals surface area contributed by atoms with Crippen LogP contribution in [-0.2, 0) is 0 Å². The number of nitro benzene ring substituents is 1. The fraction of sp³-hybridized carbons (Fsp3) is 0.143. The first-order valence-electron chi connectivity index (χ1n) is 6.10. The molecule has 0 saturated heterocycles. The lowest BCUT2D eigenvalue weighted by atomic mass is 10.2. The summed E-state index contributed by atoms with van der Waals surface area (Å²) >= 11 is 0. The Morgan fingerprint density at radius 3 is 2.60 bits per heavy atom. The highest BCUT2D eigenvalue weighted by atomic mass is 19.1. The van der Waals surface area contributed by atoms with E-state index in [2.05, 4.69) is 0 Å². The van der Waals surface area contributed by atoms with Gasteiger partial charge in [0, 0.05) is 24.4 Å². The van der Waals surface area contributed by atoms with Gasteiger partial charge in [0.15, 0.2) is 0 Å². The summed E-state index contributed by atoms with van der Waals surface area (Å²) in [4.78, 5) is 12.0. The number of rotatable bonds is 4. The second-order valence-corrected chi connectivity index (χ2v) is 4.22. The predicted molar refractivity (Wildman–Crippen MR) is 76.6 cm³/mol. The van der Waals surface area contributed by atoms with E-state index in [0.717, 1.165) is 0 Å². The lowest BCUT2D eigenvalue weighted by Gasteiger charge is -2.24. The monoisotopic (exact) mass is 275 g/mol. The van der Waals surface area contributed by atoms with Gasteiger partial charge in [0.2, 0.25) is 0 Å². The molecule has 0 atom stereocenters. The smallest absolute Gasteiger partial charge is 0.271 e. The zero-order chi connectivity index (χ0) is 14.7. The summed E-state index contributed by atoms with van der Waals surface area (Å²) < 4.78 is 13.3. The summed E-state index contributed by atoms with van der Waals surface area (Å²) in [6, 6.07) is 10.4. The Hall–Kier alpha value is -2.63. The van der Waals surface area contributed by atoms with Gasteiger partial charge in [-0.1, -0.05) is 6.07 Å². The zero-order valence-corrected chi connectivity index (χ0v) is 10.9. The Morgan fingerprint density at radius 1 is 1.30 bits per heavy atom. The van der Waals surface area contributed by atoms with E-state index in [1.807, 2.05) is 6.92 Å². The van der Waals surface area contributed by atoms with Gasteiger partial charge in [0.05, 0.1) is 16.3 Å². The van der Waals surface area contributed by atoms with Crippen LogP contribution in [0.15, 0.2) is 42.5 Å². The Labute approximate surface area is 115 Å².